The van der Waals surface area contributed by atoms with Gasteiger partial charge in [-0.2, -0.15) is 0 Å². The molecule has 1 aromatic heterocycles. The van der Waals surface area contributed by atoms with Gasteiger partial charge in [0, 0.05) is 11.8 Å². The van der Waals surface area contributed by atoms with Gasteiger partial charge in [0.2, 0.25) is 12.9 Å². The largest absolute Gasteiger partial charge is 0.463 e. The molecular formula is C25H19NO6. The quantitative estimate of drug-likeness (QED) is 0.584. The topological polar surface area (TPSA) is 84.0 Å². The van der Waals surface area contributed by atoms with Crippen molar-refractivity contribution in [2.75, 3.05) is 13.4 Å². The minimum atomic E-state index is -0.852. The van der Waals surface area contributed by atoms with Crippen molar-refractivity contribution in [2.24, 2.45) is 0 Å². The predicted octanol–water partition coefficient (Wildman–Crippen LogP) is 3.92. The lowest BCUT2D eigenvalue weighted by molar-refractivity contribution is -0.145. The highest BCUT2D eigenvalue weighted by molar-refractivity contribution is 6.07. The summed E-state index contributed by atoms with van der Waals surface area (Å²) in [5, 5.41) is 0.729. The van der Waals surface area contributed by atoms with Gasteiger partial charge in [0.05, 0.1) is 23.4 Å². The van der Waals surface area contributed by atoms with Crippen molar-refractivity contribution in [3.63, 3.8) is 0 Å². The molecule has 7 heteroatoms. The van der Waals surface area contributed by atoms with Crippen LogP contribution in [0.4, 0.5) is 0 Å². The minimum absolute atomic E-state index is 0.228. The molecule has 0 spiro atoms. The number of pyridine rings is 1. The Bertz CT molecular complexity index is 1310. The highest BCUT2D eigenvalue weighted by atomic mass is 16.7. The fourth-order valence-electron chi connectivity index (χ4n) is 4.49. The molecule has 1 fully saturated rings. The van der Waals surface area contributed by atoms with E-state index in [0.717, 1.165) is 45.7 Å². The molecule has 0 amide bonds. The van der Waals surface area contributed by atoms with Gasteiger partial charge in [0.15, 0.2) is 11.5 Å². The van der Waals surface area contributed by atoms with Crippen molar-refractivity contribution in [3.8, 4) is 11.5 Å². The molecule has 3 heterocycles. The van der Waals surface area contributed by atoms with Crippen molar-refractivity contribution in [3.05, 3.63) is 64.8 Å². The fraction of sp³-hybridized carbons (Fsp3) is 0.240. The second-order valence-electron chi connectivity index (χ2n) is 7.96. The number of nitrogens with zero attached hydrogens (tertiary/aromatic N) is 1. The molecule has 1 aliphatic carbocycles. The van der Waals surface area contributed by atoms with Crippen molar-refractivity contribution in [2.45, 2.75) is 25.4 Å². The maximum absolute atomic E-state index is 13.2. The summed E-state index contributed by atoms with van der Waals surface area (Å²) in [4.78, 5) is 29.9. The minimum Gasteiger partial charge on any atom is -0.463 e. The zero-order valence-electron chi connectivity index (χ0n) is 17.1. The summed E-state index contributed by atoms with van der Waals surface area (Å²) in [6.45, 7) is 0.500. The molecule has 0 bridgehead atoms. The van der Waals surface area contributed by atoms with Gasteiger partial charge in [0.1, 0.15) is 0 Å². The Hall–Kier alpha value is -3.87. The van der Waals surface area contributed by atoms with E-state index < -0.39 is 18.0 Å². The molecule has 0 saturated carbocycles. The Morgan fingerprint density at radius 3 is 2.81 bits per heavy atom. The van der Waals surface area contributed by atoms with E-state index in [2.05, 4.69) is 6.08 Å². The Morgan fingerprint density at radius 2 is 1.94 bits per heavy atom. The van der Waals surface area contributed by atoms with Gasteiger partial charge in [0.25, 0.3) is 0 Å². The van der Waals surface area contributed by atoms with Gasteiger partial charge in [-0.3, -0.25) is 0 Å². The van der Waals surface area contributed by atoms with Crippen LogP contribution in [0.5, 0.6) is 11.5 Å². The first-order chi connectivity index (χ1) is 15.7. The summed E-state index contributed by atoms with van der Waals surface area (Å²) in [6, 6.07) is 13.3. The third-order valence-electron chi connectivity index (χ3n) is 6.02. The number of esters is 2. The monoisotopic (exact) mass is 429 g/mol. The molecule has 2 aliphatic heterocycles. The second kappa shape index (κ2) is 7.37. The average molecular weight is 429 g/mol. The molecule has 2 aromatic carbocycles. The molecule has 6 rings (SSSR count). The van der Waals surface area contributed by atoms with Gasteiger partial charge < -0.3 is 18.9 Å². The van der Waals surface area contributed by atoms with E-state index in [4.69, 9.17) is 23.9 Å². The van der Waals surface area contributed by atoms with Crippen LogP contribution in [0.1, 0.15) is 40.0 Å². The number of hydrogen-bond donors (Lipinski definition) is 0. The third kappa shape index (κ3) is 3.09. The molecule has 7 nitrogen and oxygen atoms in total. The highest BCUT2D eigenvalue weighted by Gasteiger charge is 2.33. The molecule has 3 aromatic rings. The summed E-state index contributed by atoms with van der Waals surface area (Å²) in [7, 11) is 0. The summed E-state index contributed by atoms with van der Waals surface area (Å²) < 4.78 is 21.4. The number of carbonyl (C=O) groups is 2. The van der Waals surface area contributed by atoms with E-state index in [1.54, 1.807) is 0 Å². The molecule has 3 aliphatic rings. The van der Waals surface area contributed by atoms with E-state index >= 15 is 0 Å². The van der Waals surface area contributed by atoms with Crippen LogP contribution in [0, 0.1) is 0 Å². The van der Waals surface area contributed by atoms with E-state index in [1.165, 1.54) is 0 Å². The third-order valence-corrected chi connectivity index (χ3v) is 6.02. The van der Waals surface area contributed by atoms with Crippen LogP contribution in [-0.4, -0.2) is 36.4 Å². The number of allylic oxidation sites excluding steroid dienone is 1. The maximum Gasteiger partial charge on any atom is 0.347 e. The van der Waals surface area contributed by atoms with Gasteiger partial charge in [-0.05, 0) is 53.8 Å². The number of hydrogen-bond acceptors (Lipinski definition) is 7. The lowest BCUT2D eigenvalue weighted by atomic mass is 10.0. The van der Waals surface area contributed by atoms with Gasteiger partial charge in [-0.25, -0.2) is 14.6 Å². The van der Waals surface area contributed by atoms with Gasteiger partial charge >= 0.3 is 11.9 Å². The molecule has 1 atom stereocenters. The van der Waals surface area contributed by atoms with E-state index in [1.807, 2.05) is 42.5 Å². The number of cyclic esters (lactones) is 1. The maximum atomic E-state index is 13.2. The van der Waals surface area contributed by atoms with Crippen molar-refractivity contribution >= 4 is 34.5 Å². The van der Waals surface area contributed by atoms with Crippen LogP contribution >= 0.6 is 0 Å². The standard InChI is InChI=1S/C25H19NO6/c27-24-20(9-10-29-24)32-25(28)22-16-3-1-2-4-18(16)26-23-15(6-7-17(22)23)11-14-5-8-19-21(12-14)31-13-30-19/h1-5,8,11-12,20H,6-7,9-10,13H2/b15-11+. The lowest BCUT2D eigenvalue weighted by Gasteiger charge is -2.14. The number of carbonyl (C=O) groups excluding carboxylic acids is 2. The molecular weight excluding hydrogens is 410 g/mol. The first kappa shape index (κ1) is 18.9. The van der Waals surface area contributed by atoms with Crippen molar-refractivity contribution in [1.82, 2.24) is 4.98 Å². The summed E-state index contributed by atoms with van der Waals surface area (Å²) in [6.07, 6.45) is 3.02. The van der Waals surface area contributed by atoms with Crippen molar-refractivity contribution < 1.29 is 28.5 Å². The lowest BCUT2D eigenvalue weighted by Crippen LogP contribution is -2.23. The van der Waals surface area contributed by atoms with E-state index in [-0.39, 0.29) is 13.4 Å². The van der Waals surface area contributed by atoms with Crippen LogP contribution in [0.3, 0.4) is 0 Å². The average Bonchev–Trinajstić information content (AvgIpc) is 3.53. The van der Waals surface area contributed by atoms with Crippen LogP contribution in [0.25, 0.3) is 22.6 Å². The SMILES string of the molecule is O=C(OC1CCOC1=O)c1c2c(nc3ccccc13)/C(=C/c1ccc3c(c1)OCO3)CC2. The normalized spacial score (nSPS) is 19.9. The Morgan fingerprint density at radius 1 is 1.06 bits per heavy atom. The van der Waals surface area contributed by atoms with E-state index in [0.29, 0.717) is 23.9 Å². The number of ether oxygens (including phenoxy) is 4. The summed E-state index contributed by atoms with van der Waals surface area (Å²) in [5.74, 6) is 0.458. The molecule has 0 radical (unpaired) electrons. The summed E-state index contributed by atoms with van der Waals surface area (Å²) in [5.41, 5.74) is 4.86. The smallest absolute Gasteiger partial charge is 0.347 e. The van der Waals surface area contributed by atoms with Crippen LogP contribution in [-0.2, 0) is 20.7 Å². The van der Waals surface area contributed by atoms with Crippen LogP contribution in [0.15, 0.2) is 42.5 Å². The number of rotatable bonds is 3. The van der Waals surface area contributed by atoms with Crippen molar-refractivity contribution in [1.29, 1.82) is 0 Å². The van der Waals surface area contributed by atoms with E-state index in [9.17, 15) is 9.59 Å². The molecule has 160 valence electrons. The molecule has 1 unspecified atom stereocenters. The first-order valence-corrected chi connectivity index (χ1v) is 10.6. The predicted molar refractivity (Wildman–Crippen MR) is 115 cm³/mol. The highest BCUT2D eigenvalue weighted by Crippen LogP contribution is 2.39. The molecule has 32 heavy (non-hydrogen) atoms. The first-order valence-electron chi connectivity index (χ1n) is 10.6. The number of benzene rings is 2. The fourth-order valence-corrected chi connectivity index (χ4v) is 4.49. The van der Waals surface area contributed by atoms with Crippen LogP contribution in [0.2, 0.25) is 0 Å². The second-order valence-corrected chi connectivity index (χ2v) is 7.96. The van der Waals surface area contributed by atoms with Gasteiger partial charge in [-0.15, -0.1) is 0 Å². The Kier molecular flexibility index (Phi) is 4.35. The molecule has 1 saturated heterocycles. The zero-order chi connectivity index (χ0) is 21.7. The number of aromatic nitrogens is 1. The summed E-state index contributed by atoms with van der Waals surface area (Å²) >= 11 is 0. The van der Waals surface area contributed by atoms with Gasteiger partial charge in [-0.1, -0.05) is 24.3 Å². The Labute approximate surface area is 183 Å². The Balaban J connectivity index is 1.43. The number of fused-ring (bicyclic) bond motifs is 3. The molecule has 0 N–H and O–H groups in total. The number of para-hydroxylation sites is 1. The zero-order valence-corrected chi connectivity index (χ0v) is 17.1. The van der Waals surface area contributed by atoms with Crippen LogP contribution < -0.4 is 9.47 Å².